The van der Waals surface area contributed by atoms with E-state index in [0.29, 0.717) is 16.1 Å². The van der Waals surface area contributed by atoms with Crippen molar-refractivity contribution < 1.29 is 9.59 Å². The number of para-hydroxylation sites is 1. The van der Waals surface area contributed by atoms with Gasteiger partial charge in [0, 0.05) is 24.0 Å². The van der Waals surface area contributed by atoms with Gasteiger partial charge in [-0.1, -0.05) is 24.3 Å². The molecule has 0 aliphatic rings. The third kappa shape index (κ3) is 4.78. The molecule has 3 aromatic rings. The van der Waals surface area contributed by atoms with Gasteiger partial charge < -0.3 is 10.2 Å². The average molecular weight is 396 g/mol. The van der Waals surface area contributed by atoms with Crippen molar-refractivity contribution in [2.24, 2.45) is 0 Å². The summed E-state index contributed by atoms with van der Waals surface area (Å²) in [4.78, 5) is 26.7. The molecule has 0 atom stereocenters. The van der Waals surface area contributed by atoms with Crippen LogP contribution in [0.2, 0.25) is 0 Å². The Bertz CT molecular complexity index is 939. The molecule has 0 aliphatic carbocycles. The fourth-order valence-corrected chi connectivity index (χ4v) is 3.22. The third-order valence-corrected chi connectivity index (χ3v) is 4.88. The average Bonchev–Trinajstić information content (AvgIpc) is 3.23. The summed E-state index contributed by atoms with van der Waals surface area (Å²) in [7, 11) is 1.74. The summed E-state index contributed by atoms with van der Waals surface area (Å²) in [5.41, 5.74) is 2.06. The Morgan fingerprint density at radius 1 is 0.963 bits per heavy atom. The van der Waals surface area contributed by atoms with E-state index < -0.39 is 0 Å². The molecule has 0 radical (unpaired) electrons. The molecule has 0 saturated carbocycles. The van der Waals surface area contributed by atoms with Crippen molar-refractivity contribution in [2.45, 2.75) is 0 Å². The molecule has 136 valence electrons. The monoisotopic (exact) mass is 395 g/mol. The van der Waals surface area contributed by atoms with Gasteiger partial charge in [0.05, 0.1) is 4.88 Å². The molecule has 0 aliphatic heterocycles. The van der Waals surface area contributed by atoms with Gasteiger partial charge in [-0.3, -0.25) is 14.9 Å². The number of hydrogen-bond acceptors (Lipinski definition) is 4. The van der Waals surface area contributed by atoms with E-state index in [2.05, 4.69) is 10.6 Å². The molecule has 0 saturated heterocycles. The molecule has 1 aromatic heterocycles. The molecule has 5 nitrogen and oxygen atoms in total. The second-order valence-electron chi connectivity index (χ2n) is 5.66. The minimum atomic E-state index is -0.251. The van der Waals surface area contributed by atoms with Crippen LogP contribution in [0, 0.1) is 0 Å². The first kappa shape index (κ1) is 18.8. The molecule has 2 aromatic carbocycles. The van der Waals surface area contributed by atoms with E-state index in [-0.39, 0.29) is 16.9 Å². The van der Waals surface area contributed by atoms with Crippen LogP contribution in [0.4, 0.5) is 11.4 Å². The largest absolute Gasteiger partial charge is 0.332 e. The number of rotatable bonds is 4. The van der Waals surface area contributed by atoms with E-state index in [1.165, 1.54) is 11.3 Å². The molecule has 7 heteroatoms. The highest BCUT2D eigenvalue weighted by molar-refractivity contribution is 7.80. The van der Waals surface area contributed by atoms with Gasteiger partial charge in [0.1, 0.15) is 0 Å². The minimum absolute atomic E-state index is 0.110. The van der Waals surface area contributed by atoms with Crippen molar-refractivity contribution in [3.63, 3.8) is 0 Å². The van der Waals surface area contributed by atoms with Crippen LogP contribution in [0.5, 0.6) is 0 Å². The Balaban J connectivity index is 1.60. The van der Waals surface area contributed by atoms with Crippen LogP contribution in [0.15, 0.2) is 72.1 Å². The zero-order chi connectivity index (χ0) is 19.2. The highest BCUT2D eigenvalue weighted by Crippen LogP contribution is 2.16. The SMILES string of the molecule is CN(C(=O)c1ccc(NC(=S)NC(=O)c2cccs2)cc1)c1ccccc1. The number of nitrogens with one attached hydrogen (secondary N) is 2. The predicted octanol–water partition coefficient (Wildman–Crippen LogP) is 4.15. The van der Waals surface area contributed by atoms with Gasteiger partial charge >= 0.3 is 0 Å². The molecule has 3 rings (SSSR count). The number of thiophene rings is 1. The zero-order valence-electron chi connectivity index (χ0n) is 14.5. The Hall–Kier alpha value is -3.03. The van der Waals surface area contributed by atoms with Gasteiger partial charge in [-0.25, -0.2) is 0 Å². The van der Waals surface area contributed by atoms with Crippen LogP contribution >= 0.6 is 23.6 Å². The summed E-state index contributed by atoms with van der Waals surface area (Å²) in [6, 6.07) is 19.9. The van der Waals surface area contributed by atoms with Gasteiger partial charge in [-0.2, -0.15) is 0 Å². The lowest BCUT2D eigenvalue weighted by Gasteiger charge is -2.17. The smallest absolute Gasteiger partial charge is 0.267 e. The highest BCUT2D eigenvalue weighted by atomic mass is 32.1. The number of amides is 2. The summed E-state index contributed by atoms with van der Waals surface area (Å²) in [5.74, 6) is -0.361. The van der Waals surface area contributed by atoms with Crippen molar-refractivity contribution in [3.8, 4) is 0 Å². The Kier molecular flexibility index (Phi) is 5.95. The fourth-order valence-electron chi connectivity index (χ4n) is 2.39. The van der Waals surface area contributed by atoms with Crippen LogP contribution in [0.1, 0.15) is 20.0 Å². The Morgan fingerprint density at radius 3 is 2.30 bits per heavy atom. The van der Waals surface area contributed by atoms with Crippen molar-refractivity contribution >= 4 is 51.9 Å². The van der Waals surface area contributed by atoms with Crippen LogP contribution in [-0.4, -0.2) is 24.0 Å². The number of thiocarbonyl (C=S) groups is 1. The number of anilines is 2. The van der Waals surface area contributed by atoms with Gasteiger partial charge in [0.15, 0.2) is 5.11 Å². The number of hydrogen-bond donors (Lipinski definition) is 2. The lowest BCUT2D eigenvalue weighted by molar-refractivity contribution is 0.0977. The molecule has 2 N–H and O–H groups in total. The first-order valence-corrected chi connectivity index (χ1v) is 9.42. The van der Waals surface area contributed by atoms with Crippen LogP contribution in [-0.2, 0) is 0 Å². The van der Waals surface area contributed by atoms with Crippen molar-refractivity contribution in [1.82, 2.24) is 5.32 Å². The molecule has 1 heterocycles. The fraction of sp³-hybridized carbons (Fsp3) is 0.0500. The van der Waals surface area contributed by atoms with E-state index in [1.54, 1.807) is 48.3 Å². The molecule has 0 unspecified atom stereocenters. The van der Waals surface area contributed by atoms with Crippen molar-refractivity contribution in [1.29, 1.82) is 0 Å². The third-order valence-electron chi connectivity index (χ3n) is 3.81. The quantitative estimate of drug-likeness (QED) is 0.652. The number of carbonyl (C=O) groups excluding carboxylic acids is 2. The standard InChI is InChI=1S/C20H17N3O2S2/c1-23(16-6-3-2-4-7-16)19(25)14-9-11-15(12-10-14)21-20(26)22-18(24)17-8-5-13-27-17/h2-13H,1H3,(H2,21,22,24,26). The van der Waals surface area contributed by atoms with E-state index in [9.17, 15) is 9.59 Å². The molecular formula is C20H17N3O2S2. The van der Waals surface area contributed by atoms with E-state index in [1.807, 2.05) is 35.7 Å². The second kappa shape index (κ2) is 8.57. The van der Waals surface area contributed by atoms with Crippen molar-refractivity contribution in [2.75, 3.05) is 17.3 Å². The molecular weight excluding hydrogens is 378 g/mol. The van der Waals surface area contributed by atoms with E-state index in [4.69, 9.17) is 12.2 Å². The zero-order valence-corrected chi connectivity index (χ0v) is 16.1. The summed E-state index contributed by atoms with van der Waals surface area (Å²) in [5, 5.41) is 7.60. The number of benzene rings is 2. The number of carbonyl (C=O) groups is 2. The van der Waals surface area contributed by atoms with Crippen LogP contribution < -0.4 is 15.5 Å². The Labute approximate surface area is 166 Å². The second-order valence-corrected chi connectivity index (χ2v) is 7.02. The summed E-state index contributed by atoms with van der Waals surface area (Å²) in [6.07, 6.45) is 0. The van der Waals surface area contributed by atoms with Gasteiger partial charge in [0.2, 0.25) is 0 Å². The molecule has 27 heavy (non-hydrogen) atoms. The van der Waals surface area contributed by atoms with Crippen molar-refractivity contribution in [3.05, 3.63) is 82.6 Å². The molecule has 0 spiro atoms. The number of nitrogens with zero attached hydrogens (tertiary/aromatic N) is 1. The maximum atomic E-state index is 12.6. The lowest BCUT2D eigenvalue weighted by Crippen LogP contribution is -2.33. The molecule has 2 amide bonds. The summed E-state index contributed by atoms with van der Waals surface area (Å²) < 4.78 is 0. The van der Waals surface area contributed by atoms with Crippen LogP contribution in [0.25, 0.3) is 0 Å². The first-order valence-electron chi connectivity index (χ1n) is 8.13. The van der Waals surface area contributed by atoms with E-state index in [0.717, 1.165) is 5.69 Å². The Morgan fingerprint density at radius 2 is 1.67 bits per heavy atom. The summed E-state index contributed by atoms with van der Waals surface area (Å²) >= 11 is 6.51. The van der Waals surface area contributed by atoms with Gasteiger partial charge in [-0.15, -0.1) is 11.3 Å². The summed E-state index contributed by atoms with van der Waals surface area (Å²) in [6.45, 7) is 0. The predicted molar refractivity (Wildman–Crippen MR) is 114 cm³/mol. The molecule has 0 bridgehead atoms. The van der Waals surface area contributed by atoms with Crippen LogP contribution in [0.3, 0.4) is 0 Å². The van der Waals surface area contributed by atoms with Gasteiger partial charge in [-0.05, 0) is 60.1 Å². The normalized spacial score (nSPS) is 10.1. The van der Waals surface area contributed by atoms with Gasteiger partial charge in [0.25, 0.3) is 11.8 Å². The topological polar surface area (TPSA) is 61.4 Å². The maximum absolute atomic E-state index is 12.6. The maximum Gasteiger partial charge on any atom is 0.267 e. The lowest BCUT2D eigenvalue weighted by atomic mass is 10.1. The van der Waals surface area contributed by atoms with E-state index >= 15 is 0 Å². The minimum Gasteiger partial charge on any atom is -0.332 e. The first-order chi connectivity index (χ1) is 13.0. The molecule has 0 fully saturated rings. The highest BCUT2D eigenvalue weighted by Gasteiger charge is 2.13.